The molecule has 7 heteroatoms. The van der Waals surface area contributed by atoms with Gasteiger partial charge in [-0.1, -0.05) is 24.3 Å². The zero-order chi connectivity index (χ0) is 21.1. The maximum absolute atomic E-state index is 13.7. The number of hydrogen-bond donors (Lipinski definition) is 3. The highest BCUT2D eigenvalue weighted by Crippen LogP contribution is 2.16. The van der Waals surface area contributed by atoms with Gasteiger partial charge in [-0.2, -0.15) is 0 Å². The molecule has 2 aromatic rings. The molecule has 0 spiro atoms. The number of ether oxygens (including phenoxy) is 1. The van der Waals surface area contributed by atoms with E-state index in [2.05, 4.69) is 20.9 Å². The first-order valence-electron chi connectivity index (χ1n) is 9.84. The van der Waals surface area contributed by atoms with Gasteiger partial charge in [0.1, 0.15) is 6.10 Å². The second-order valence-corrected chi connectivity index (χ2v) is 6.49. The quantitative estimate of drug-likeness (QED) is 0.447. The summed E-state index contributed by atoms with van der Waals surface area (Å²) in [5.41, 5.74) is 1.62. The van der Waals surface area contributed by atoms with Gasteiger partial charge in [-0.25, -0.2) is 9.38 Å². The number of guanidine groups is 1. The Morgan fingerprint density at radius 2 is 1.72 bits per heavy atom. The monoisotopic (exact) mass is 400 g/mol. The Balaban J connectivity index is 1.90. The molecule has 3 N–H and O–H groups in total. The molecule has 6 nitrogen and oxygen atoms in total. The molecule has 1 amide bonds. The highest BCUT2D eigenvalue weighted by atomic mass is 19.1. The first-order valence-corrected chi connectivity index (χ1v) is 9.84. The van der Waals surface area contributed by atoms with Gasteiger partial charge < -0.3 is 20.7 Å². The summed E-state index contributed by atoms with van der Waals surface area (Å²) in [6, 6.07) is 13.7. The van der Waals surface area contributed by atoms with E-state index in [1.807, 2.05) is 32.9 Å². The van der Waals surface area contributed by atoms with Crippen molar-refractivity contribution in [3.8, 4) is 5.75 Å². The van der Waals surface area contributed by atoms with Crippen molar-refractivity contribution in [1.82, 2.24) is 16.0 Å². The normalized spacial score (nSPS) is 12.2. The van der Waals surface area contributed by atoms with E-state index in [4.69, 9.17) is 4.74 Å². The number of aliphatic imine (C=N–C) groups is 1. The molecule has 1 atom stereocenters. The van der Waals surface area contributed by atoms with Gasteiger partial charge in [0.05, 0.1) is 13.1 Å². The summed E-state index contributed by atoms with van der Waals surface area (Å²) in [6.45, 7) is 7.98. The number of carbonyl (C=O) groups excluding carboxylic acids is 1. The molecule has 0 aromatic heterocycles. The first kappa shape index (κ1) is 22.2. The van der Waals surface area contributed by atoms with Gasteiger partial charge in [0.25, 0.3) is 5.91 Å². The number of benzene rings is 2. The van der Waals surface area contributed by atoms with Crippen molar-refractivity contribution < 1.29 is 13.9 Å². The maximum atomic E-state index is 13.7. The molecule has 1 unspecified atom stereocenters. The second kappa shape index (κ2) is 11.7. The third-order valence-electron chi connectivity index (χ3n) is 4.04. The van der Waals surface area contributed by atoms with Gasteiger partial charge >= 0.3 is 0 Å². The number of halogens is 1. The maximum Gasteiger partial charge on any atom is 0.251 e. The van der Waals surface area contributed by atoms with Crippen LogP contribution in [0.3, 0.4) is 0 Å². The molecule has 2 aromatic carbocycles. The average Bonchev–Trinajstić information content (AvgIpc) is 2.72. The summed E-state index contributed by atoms with van der Waals surface area (Å²) in [5.74, 6) is 0.414. The smallest absolute Gasteiger partial charge is 0.251 e. The molecule has 0 aliphatic rings. The zero-order valence-electron chi connectivity index (χ0n) is 17.2. The lowest BCUT2D eigenvalue weighted by Crippen LogP contribution is -2.41. The Labute approximate surface area is 171 Å². The van der Waals surface area contributed by atoms with Crippen molar-refractivity contribution in [2.75, 3.05) is 19.6 Å². The van der Waals surface area contributed by atoms with Crippen LogP contribution >= 0.6 is 0 Å². The average molecular weight is 400 g/mol. The van der Waals surface area contributed by atoms with Crippen LogP contribution in [0.5, 0.6) is 5.75 Å². The van der Waals surface area contributed by atoms with E-state index in [0.717, 1.165) is 5.56 Å². The number of nitrogens with one attached hydrogen (secondary N) is 3. The van der Waals surface area contributed by atoms with E-state index in [0.29, 0.717) is 37.7 Å². The van der Waals surface area contributed by atoms with Crippen LogP contribution in [0.4, 0.5) is 4.39 Å². The zero-order valence-corrected chi connectivity index (χ0v) is 17.2. The summed E-state index contributed by atoms with van der Waals surface area (Å²) < 4.78 is 19.3. The molecule has 0 saturated carbocycles. The minimum atomic E-state index is -0.379. The number of carbonyl (C=O) groups is 1. The Hall–Kier alpha value is -3.09. The number of hydrogen-bond acceptors (Lipinski definition) is 3. The van der Waals surface area contributed by atoms with Gasteiger partial charge in [-0.05, 0) is 50.6 Å². The molecule has 29 heavy (non-hydrogen) atoms. The van der Waals surface area contributed by atoms with E-state index in [1.54, 1.807) is 30.3 Å². The van der Waals surface area contributed by atoms with Crippen LogP contribution in [0.15, 0.2) is 53.5 Å². The van der Waals surface area contributed by atoms with Gasteiger partial charge in [0.2, 0.25) is 0 Å². The minimum Gasteiger partial charge on any atom is -0.486 e. The van der Waals surface area contributed by atoms with Crippen LogP contribution in [-0.4, -0.2) is 37.6 Å². The van der Waals surface area contributed by atoms with Gasteiger partial charge in [-0.15, -0.1) is 0 Å². The molecule has 0 radical (unpaired) electrons. The fraction of sp³-hybridized carbons (Fsp3) is 0.364. The molecule has 156 valence electrons. The molecular weight excluding hydrogens is 371 g/mol. The molecule has 0 saturated heterocycles. The van der Waals surface area contributed by atoms with Crippen LogP contribution in [0.25, 0.3) is 0 Å². The van der Waals surface area contributed by atoms with Crippen molar-refractivity contribution in [3.05, 3.63) is 65.5 Å². The van der Waals surface area contributed by atoms with E-state index in [1.165, 1.54) is 6.07 Å². The fourth-order valence-electron chi connectivity index (χ4n) is 2.58. The largest absolute Gasteiger partial charge is 0.486 e. The topological polar surface area (TPSA) is 74.8 Å². The Bertz CT molecular complexity index is 809. The number of amides is 1. The van der Waals surface area contributed by atoms with Crippen molar-refractivity contribution in [2.24, 2.45) is 4.99 Å². The minimum absolute atomic E-state index is 0.0820. The first-order chi connectivity index (χ1) is 14.0. The third-order valence-corrected chi connectivity index (χ3v) is 4.04. The molecule has 2 rings (SSSR count). The van der Waals surface area contributed by atoms with Crippen LogP contribution < -0.4 is 20.7 Å². The van der Waals surface area contributed by atoms with Gasteiger partial charge in [0.15, 0.2) is 17.5 Å². The third kappa shape index (κ3) is 7.44. The molecule has 0 aliphatic heterocycles. The Morgan fingerprint density at radius 3 is 2.38 bits per heavy atom. The predicted octanol–water partition coefficient (Wildman–Crippen LogP) is 3.10. The van der Waals surface area contributed by atoms with Crippen molar-refractivity contribution >= 4 is 11.9 Å². The van der Waals surface area contributed by atoms with Crippen molar-refractivity contribution in [2.45, 2.75) is 33.4 Å². The highest BCUT2D eigenvalue weighted by molar-refractivity contribution is 5.94. The Kier molecular flexibility index (Phi) is 8.95. The molecular formula is C22H29FN4O2. The summed E-state index contributed by atoms with van der Waals surface area (Å²) in [7, 11) is 0. The predicted molar refractivity (Wildman–Crippen MR) is 114 cm³/mol. The standard InChI is InChI=1S/C22H29FN4O2/c1-4-24-21(28)18-12-10-17(11-13-18)15-27-22(25-5-2)26-14-16(3)29-20-9-7-6-8-19(20)23/h6-13,16H,4-5,14-15H2,1-3H3,(H,24,28)(H2,25,26,27). The van der Waals surface area contributed by atoms with Gasteiger partial charge in [0, 0.05) is 18.7 Å². The molecule has 0 bridgehead atoms. The fourth-order valence-corrected chi connectivity index (χ4v) is 2.58. The van der Waals surface area contributed by atoms with E-state index < -0.39 is 0 Å². The lowest BCUT2D eigenvalue weighted by atomic mass is 10.1. The lowest BCUT2D eigenvalue weighted by Gasteiger charge is -2.18. The summed E-state index contributed by atoms with van der Waals surface area (Å²) in [4.78, 5) is 16.4. The number of para-hydroxylation sites is 1. The van der Waals surface area contributed by atoms with Crippen LogP contribution in [0.1, 0.15) is 36.7 Å². The highest BCUT2D eigenvalue weighted by Gasteiger charge is 2.09. The van der Waals surface area contributed by atoms with Crippen LogP contribution in [0.2, 0.25) is 0 Å². The molecule has 0 heterocycles. The van der Waals surface area contributed by atoms with Gasteiger partial charge in [-0.3, -0.25) is 4.79 Å². The summed E-state index contributed by atoms with van der Waals surface area (Å²) in [5, 5.41) is 9.15. The lowest BCUT2D eigenvalue weighted by molar-refractivity contribution is 0.0956. The number of nitrogens with zero attached hydrogens (tertiary/aromatic N) is 1. The molecule has 0 aliphatic carbocycles. The van der Waals surface area contributed by atoms with Crippen LogP contribution in [0, 0.1) is 5.82 Å². The van der Waals surface area contributed by atoms with E-state index >= 15 is 0 Å². The molecule has 0 fully saturated rings. The second-order valence-electron chi connectivity index (χ2n) is 6.49. The van der Waals surface area contributed by atoms with E-state index in [9.17, 15) is 9.18 Å². The summed E-state index contributed by atoms with van der Waals surface area (Å²) >= 11 is 0. The SMILES string of the molecule is CCNC(=O)c1ccc(CN=C(NCC)NCC(C)Oc2ccccc2F)cc1. The van der Waals surface area contributed by atoms with Crippen LogP contribution in [-0.2, 0) is 6.54 Å². The van der Waals surface area contributed by atoms with E-state index in [-0.39, 0.29) is 23.6 Å². The Morgan fingerprint density at radius 1 is 1.03 bits per heavy atom. The van der Waals surface area contributed by atoms with Crippen molar-refractivity contribution in [3.63, 3.8) is 0 Å². The van der Waals surface area contributed by atoms with Crippen molar-refractivity contribution in [1.29, 1.82) is 0 Å². The summed E-state index contributed by atoms with van der Waals surface area (Å²) in [6.07, 6.45) is -0.243. The number of rotatable bonds is 9.